The van der Waals surface area contributed by atoms with Crippen molar-refractivity contribution in [1.82, 2.24) is 9.55 Å². The molecule has 2 unspecified atom stereocenters. The second-order valence-corrected chi connectivity index (χ2v) is 21.4. The SMILES string of the molecule is CCCCCCc1cc(-c2sc(-c3cc4c(s3)C3SC(/C=C(/C#N)C(=O)O)=CC3S4)cc2CCCCCC)sc1-c1ccc(-c2nc3ccccc3n2-c2ccccc2)cc1. The Morgan fingerprint density at radius 3 is 2.13 bits per heavy atom. The third-order valence-corrected chi connectivity index (χ3v) is 18.5. The number of para-hydroxylation sites is 3. The van der Waals surface area contributed by atoms with Crippen molar-refractivity contribution < 1.29 is 9.90 Å². The summed E-state index contributed by atoms with van der Waals surface area (Å²) in [7, 11) is 0. The third kappa shape index (κ3) is 8.74. The number of hydrogen-bond donors (Lipinski definition) is 1. The lowest BCUT2D eigenvalue weighted by atomic mass is 10.0. The molecular formula is C51H47N3O2S5. The minimum Gasteiger partial charge on any atom is -0.477 e. The summed E-state index contributed by atoms with van der Waals surface area (Å²) in [5.74, 6) is -0.229. The van der Waals surface area contributed by atoms with Crippen LogP contribution in [0.25, 0.3) is 58.1 Å². The molecular weight excluding hydrogens is 847 g/mol. The highest BCUT2D eigenvalue weighted by molar-refractivity contribution is 8.07. The Kier molecular flexibility index (Phi) is 12.8. The number of aliphatic carboxylic acids is 1. The summed E-state index contributed by atoms with van der Waals surface area (Å²) in [5.41, 5.74) is 8.24. The van der Waals surface area contributed by atoms with Crippen molar-refractivity contribution in [3.8, 4) is 53.1 Å². The van der Waals surface area contributed by atoms with Crippen molar-refractivity contribution in [3.05, 3.63) is 136 Å². The van der Waals surface area contributed by atoms with Gasteiger partial charge in [-0.15, -0.1) is 57.5 Å². The Labute approximate surface area is 378 Å². The molecule has 10 heteroatoms. The fourth-order valence-corrected chi connectivity index (χ4v) is 15.6. The topological polar surface area (TPSA) is 78.9 Å². The second kappa shape index (κ2) is 18.8. The number of nitriles is 1. The van der Waals surface area contributed by atoms with Gasteiger partial charge in [0.05, 0.1) is 16.3 Å². The Bertz CT molecular complexity index is 2800. The fraction of sp³-hybridized carbons (Fsp3) is 0.275. The first kappa shape index (κ1) is 41.7. The predicted octanol–water partition coefficient (Wildman–Crippen LogP) is 15.8. The number of nitrogens with zero attached hydrogens (tertiary/aromatic N) is 3. The van der Waals surface area contributed by atoms with Gasteiger partial charge < -0.3 is 5.11 Å². The first-order valence-electron chi connectivity index (χ1n) is 21.4. The first-order valence-corrected chi connectivity index (χ1v) is 25.6. The number of thioether (sulfide) groups is 2. The van der Waals surface area contributed by atoms with Gasteiger partial charge in [-0.2, -0.15) is 5.26 Å². The van der Waals surface area contributed by atoms with Crippen LogP contribution in [0.2, 0.25) is 0 Å². The van der Waals surface area contributed by atoms with Gasteiger partial charge in [-0.1, -0.05) is 113 Å². The lowest BCUT2D eigenvalue weighted by Gasteiger charge is -2.10. The highest BCUT2D eigenvalue weighted by atomic mass is 32.2. The molecule has 3 aromatic carbocycles. The van der Waals surface area contributed by atoms with E-state index in [0.717, 1.165) is 45.9 Å². The summed E-state index contributed by atoms with van der Waals surface area (Å²) < 4.78 is 2.27. The van der Waals surface area contributed by atoms with Gasteiger partial charge in [-0.05, 0) is 90.9 Å². The maximum Gasteiger partial charge on any atom is 0.346 e. The third-order valence-electron chi connectivity index (χ3n) is 11.4. The number of rotatable bonds is 17. The van der Waals surface area contributed by atoms with Crippen LogP contribution in [0.4, 0.5) is 0 Å². The quantitative estimate of drug-likeness (QED) is 0.0557. The number of carbonyl (C=O) groups is 1. The van der Waals surface area contributed by atoms with Gasteiger partial charge in [0.25, 0.3) is 0 Å². The monoisotopic (exact) mass is 893 g/mol. The Hall–Kier alpha value is -4.63. The molecule has 9 rings (SSSR count). The molecule has 0 radical (unpaired) electrons. The highest BCUT2D eigenvalue weighted by Crippen LogP contribution is 2.62. The van der Waals surface area contributed by atoms with Crippen LogP contribution in [0.3, 0.4) is 0 Å². The molecule has 1 N–H and O–H groups in total. The van der Waals surface area contributed by atoms with Gasteiger partial charge in [0, 0.05) is 55.6 Å². The molecule has 61 heavy (non-hydrogen) atoms. The van der Waals surface area contributed by atoms with Crippen LogP contribution in [-0.4, -0.2) is 25.9 Å². The fourth-order valence-electron chi connectivity index (χ4n) is 8.34. The van der Waals surface area contributed by atoms with Crippen LogP contribution in [0.1, 0.15) is 86.5 Å². The molecule has 0 spiro atoms. The van der Waals surface area contributed by atoms with Gasteiger partial charge in [0.2, 0.25) is 0 Å². The minimum atomic E-state index is -1.18. The molecule has 5 nitrogen and oxygen atoms in total. The number of fused-ring (bicyclic) bond motifs is 4. The number of imidazole rings is 1. The van der Waals surface area contributed by atoms with Crippen molar-refractivity contribution in [2.24, 2.45) is 0 Å². The molecule has 2 atom stereocenters. The minimum absolute atomic E-state index is 0.216. The van der Waals surface area contributed by atoms with E-state index in [0.29, 0.717) is 0 Å². The van der Waals surface area contributed by atoms with Gasteiger partial charge in [0.15, 0.2) is 0 Å². The van der Waals surface area contributed by atoms with Crippen LogP contribution >= 0.6 is 57.5 Å². The number of carboxylic acid groups (broad SMARTS) is 1. The van der Waals surface area contributed by atoms with E-state index in [9.17, 15) is 15.2 Å². The Balaban J connectivity index is 1.05. The van der Waals surface area contributed by atoms with Gasteiger partial charge in [0.1, 0.15) is 17.5 Å². The second-order valence-electron chi connectivity index (χ2n) is 15.7. The Morgan fingerprint density at radius 2 is 1.41 bits per heavy atom. The van der Waals surface area contributed by atoms with E-state index in [1.807, 2.05) is 51.8 Å². The first-order chi connectivity index (χ1) is 29.9. The van der Waals surface area contributed by atoms with E-state index in [2.05, 4.69) is 122 Å². The summed E-state index contributed by atoms with van der Waals surface area (Å²) in [6.07, 6.45) is 15.7. The average Bonchev–Trinajstić information content (AvgIpc) is 4.14. The molecule has 0 bridgehead atoms. The van der Waals surface area contributed by atoms with Gasteiger partial charge in [-0.3, -0.25) is 4.57 Å². The highest BCUT2D eigenvalue weighted by Gasteiger charge is 2.39. The zero-order chi connectivity index (χ0) is 41.9. The molecule has 4 aromatic heterocycles. The maximum atomic E-state index is 11.5. The number of unbranched alkanes of at least 4 members (excludes halogenated alkanes) is 6. The van der Waals surface area contributed by atoms with E-state index in [-0.39, 0.29) is 16.1 Å². The van der Waals surface area contributed by atoms with E-state index in [4.69, 9.17) is 4.98 Å². The summed E-state index contributed by atoms with van der Waals surface area (Å²) in [6, 6.07) is 37.2. The predicted molar refractivity (Wildman–Crippen MR) is 262 cm³/mol. The Morgan fingerprint density at radius 1 is 0.754 bits per heavy atom. The number of allylic oxidation sites excluding steroid dienone is 1. The smallest absolute Gasteiger partial charge is 0.346 e. The largest absolute Gasteiger partial charge is 0.477 e. The molecule has 0 saturated heterocycles. The lowest BCUT2D eigenvalue weighted by Crippen LogP contribution is -1.97. The number of thiophene rings is 3. The molecule has 2 aliphatic heterocycles. The number of aryl methyl sites for hydroxylation is 2. The van der Waals surface area contributed by atoms with Crippen molar-refractivity contribution >= 4 is 74.5 Å². The lowest BCUT2D eigenvalue weighted by molar-refractivity contribution is -0.132. The normalized spacial score (nSPS) is 15.9. The van der Waals surface area contributed by atoms with Gasteiger partial charge >= 0.3 is 5.97 Å². The molecule has 0 fully saturated rings. The van der Waals surface area contributed by atoms with Crippen LogP contribution < -0.4 is 0 Å². The number of hydrogen-bond acceptors (Lipinski definition) is 8. The van der Waals surface area contributed by atoms with Crippen molar-refractivity contribution in [3.63, 3.8) is 0 Å². The molecule has 6 heterocycles. The number of benzene rings is 3. The molecule has 308 valence electrons. The van der Waals surface area contributed by atoms with Crippen molar-refractivity contribution in [2.75, 3.05) is 0 Å². The van der Waals surface area contributed by atoms with E-state index in [1.54, 1.807) is 11.8 Å². The zero-order valence-corrected chi connectivity index (χ0v) is 38.4. The summed E-state index contributed by atoms with van der Waals surface area (Å²) >= 11 is 9.34. The maximum absolute atomic E-state index is 11.5. The molecule has 0 amide bonds. The molecule has 0 saturated carbocycles. The van der Waals surface area contributed by atoms with E-state index >= 15 is 0 Å². The number of carboxylic acids is 1. The van der Waals surface area contributed by atoms with Crippen LogP contribution in [0.15, 0.2) is 125 Å². The zero-order valence-electron chi connectivity index (χ0n) is 34.4. The summed E-state index contributed by atoms with van der Waals surface area (Å²) in [5, 5.41) is 19.3. The van der Waals surface area contributed by atoms with Crippen molar-refractivity contribution in [1.29, 1.82) is 5.26 Å². The average molecular weight is 894 g/mol. The molecule has 7 aromatic rings. The van der Waals surface area contributed by atoms with Crippen LogP contribution in [0, 0.1) is 11.3 Å². The summed E-state index contributed by atoms with van der Waals surface area (Å²) in [4.78, 5) is 27.0. The number of aromatic nitrogens is 2. The van der Waals surface area contributed by atoms with Crippen LogP contribution in [-0.2, 0) is 17.6 Å². The standard InChI is InChI=1S/C51H47N3O2S5/c1-3-5-7-10-16-34-28-43(61-46(34)32-22-24-33(25-23-32)50-53-39-20-14-15-21-40(39)54(50)37-18-12-9-13-19-37)47-35(17-11-8-6-4-2)27-41(59-47)42-30-45-49(60-42)48-44(58-45)29-38(57-48)26-36(31-52)51(55)56/h9,12-15,18-30,44,48H,3-8,10-11,16-17H2,1-2H3,(H,55,56)/b36-26-. The van der Waals surface area contributed by atoms with Gasteiger partial charge in [-0.25, -0.2) is 9.78 Å². The molecule has 0 aliphatic carbocycles. The molecule has 2 aliphatic rings. The summed E-state index contributed by atoms with van der Waals surface area (Å²) in [6.45, 7) is 4.56. The van der Waals surface area contributed by atoms with Crippen LogP contribution in [0.5, 0.6) is 0 Å². The van der Waals surface area contributed by atoms with Crippen molar-refractivity contribution in [2.45, 2.75) is 93.5 Å². The van der Waals surface area contributed by atoms with E-state index in [1.165, 1.54) is 108 Å². The van der Waals surface area contributed by atoms with E-state index < -0.39 is 5.97 Å².